The van der Waals surface area contributed by atoms with Crippen LogP contribution in [0.2, 0.25) is 0 Å². The highest BCUT2D eigenvalue weighted by Gasteiger charge is 2.25. The van der Waals surface area contributed by atoms with Crippen molar-refractivity contribution < 1.29 is 9.53 Å². The number of benzene rings is 1. The summed E-state index contributed by atoms with van der Waals surface area (Å²) in [6.45, 7) is 5.47. The molecule has 1 heterocycles. The predicted molar refractivity (Wildman–Crippen MR) is 82.7 cm³/mol. The summed E-state index contributed by atoms with van der Waals surface area (Å²) in [5, 5.41) is 3.27. The number of carbonyl (C=O) groups excluding carboxylic acids is 1. The minimum absolute atomic E-state index is 0. The van der Waals surface area contributed by atoms with Crippen molar-refractivity contribution in [2.24, 2.45) is 0 Å². The Hall–Kier alpha value is -1.26. The topological polar surface area (TPSA) is 41.6 Å². The Bertz CT molecular complexity index is 416. The van der Waals surface area contributed by atoms with Crippen LogP contribution in [0.5, 0.6) is 5.75 Å². The first-order chi connectivity index (χ1) is 9.26. The van der Waals surface area contributed by atoms with Gasteiger partial charge in [-0.3, -0.25) is 4.79 Å². The number of piperazine rings is 1. The number of hydrogen-bond donors (Lipinski definition) is 1. The Morgan fingerprint density at radius 2 is 1.90 bits per heavy atom. The molecule has 1 aliphatic rings. The number of amides is 1. The summed E-state index contributed by atoms with van der Waals surface area (Å²) in [6.07, 6.45) is 0.828. The van der Waals surface area contributed by atoms with Crippen molar-refractivity contribution in [1.82, 2.24) is 10.2 Å². The molecule has 1 saturated heterocycles. The zero-order chi connectivity index (χ0) is 13.7. The number of hydrogen-bond acceptors (Lipinski definition) is 3. The normalized spacial score (nSPS) is 16.2. The first-order valence-electron chi connectivity index (χ1n) is 6.89. The van der Waals surface area contributed by atoms with E-state index < -0.39 is 0 Å². The van der Waals surface area contributed by atoms with Gasteiger partial charge >= 0.3 is 0 Å². The van der Waals surface area contributed by atoms with Crippen LogP contribution in [0, 0.1) is 0 Å². The Balaban J connectivity index is 0.00000200. The lowest BCUT2D eigenvalue weighted by Crippen LogP contribution is -2.48. The third-order valence-electron chi connectivity index (χ3n) is 3.65. The second kappa shape index (κ2) is 8.12. The van der Waals surface area contributed by atoms with Crippen LogP contribution >= 0.6 is 12.4 Å². The largest absolute Gasteiger partial charge is 0.497 e. The van der Waals surface area contributed by atoms with Gasteiger partial charge in [0.1, 0.15) is 5.75 Å². The first kappa shape index (κ1) is 16.8. The van der Waals surface area contributed by atoms with Gasteiger partial charge in [-0.1, -0.05) is 19.1 Å². The van der Waals surface area contributed by atoms with Gasteiger partial charge in [0, 0.05) is 26.2 Å². The zero-order valence-electron chi connectivity index (χ0n) is 12.1. The summed E-state index contributed by atoms with van der Waals surface area (Å²) in [5.74, 6) is 1.03. The lowest BCUT2D eigenvalue weighted by atomic mass is 9.94. The molecule has 1 aromatic rings. The summed E-state index contributed by atoms with van der Waals surface area (Å²) in [6, 6.07) is 7.83. The van der Waals surface area contributed by atoms with Gasteiger partial charge in [-0.2, -0.15) is 0 Å². The maximum absolute atomic E-state index is 12.6. The molecule has 0 bridgehead atoms. The van der Waals surface area contributed by atoms with Crippen LogP contribution < -0.4 is 10.1 Å². The number of rotatable bonds is 4. The molecule has 1 unspecified atom stereocenters. The van der Waals surface area contributed by atoms with Crippen LogP contribution in [0.25, 0.3) is 0 Å². The van der Waals surface area contributed by atoms with E-state index in [9.17, 15) is 4.79 Å². The summed E-state index contributed by atoms with van der Waals surface area (Å²) in [7, 11) is 1.65. The number of nitrogens with one attached hydrogen (secondary N) is 1. The van der Waals surface area contributed by atoms with Gasteiger partial charge in [0.2, 0.25) is 5.91 Å². The molecule has 4 nitrogen and oxygen atoms in total. The second-order valence-corrected chi connectivity index (χ2v) is 4.81. The van der Waals surface area contributed by atoms with Crippen LogP contribution in [0.15, 0.2) is 24.3 Å². The SMILES string of the molecule is CCC(C(=O)N1CCNCC1)c1ccc(OC)cc1.Cl. The molecule has 1 N–H and O–H groups in total. The quantitative estimate of drug-likeness (QED) is 0.925. The van der Waals surface area contributed by atoms with E-state index in [0.29, 0.717) is 0 Å². The average Bonchev–Trinajstić information content (AvgIpc) is 2.49. The molecule has 2 rings (SSSR count). The van der Waals surface area contributed by atoms with Crippen LogP contribution in [0.1, 0.15) is 24.8 Å². The lowest BCUT2D eigenvalue weighted by molar-refractivity contribution is -0.133. The summed E-state index contributed by atoms with van der Waals surface area (Å²) in [4.78, 5) is 14.5. The van der Waals surface area contributed by atoms with Gasteiger partial charge in [-0.15, -0.1) is 12.4 Å². The maximum atomic E-state index is 12.6. The number of methoxy groups -OCH3 is 1. The number of nitrogens with zero attached hydrogens (tertiary/aromatic N) is 1. The molecular formula is C15H23ClN2O2. The maximum Gasteiger partial charge on any atom is 0.230 e. The molecule has 0 saturated carbocycles. The van der Waals surface area contributed by atoms with Crippen LogP contribution in [0.4, 0.5) is 0 Å². The zero-order valence-corrected chi connectivity index (χ0v) is 12.9. The fourth-order valence-corrected chi connectivity index (χ4v) is 2.49. The van der Waals surface area contributed by atoms with E-state index in [1.165, 1.54) is 0 Å². The van der Waals surface area contributed by atoms with Crippen molar-refractivity contribution in [2.45, 2.75) is 19.3 Å². The van der Waals surface area contributed by atoms with Gasteiger partial charge in [0.25, 0.3) is 0 Å². The first-order valence-corrected chi connectivity index (χ1v) is 6.89. The fraction of sp³-hybridized carbons (Fsp3) is 0.533. The molecular weight excluding hydrogens is 276 g/mol. The van der Waals surface area contributed by atoms with Crippen molar-refractivity contribution in [3.8, 4) is 5.75 Å². The third-order valence-corrected chi connectivity index (χ3v) is 3.65. The minimum atomic E-state index is -0.0380. The molecule has 1 aliphatic heterocycles. The highest BCUT2D eigenvalue weighted by Crippen LogP contribution is 2.24. The lowest BCUT2D eigenvalue weighted by Gasteiger charge is -2.30. The van der Waals surface area contributed by atoms with E-state index in [4.69, 9.17) is 4.74 Å². The average molecular weight is 299 g/mol. The van der Waals surface area contributed by atoms with E-state index in [1.807, 2.05) is 29.2 Å². The Morgan fingerprint density at radius 1 is 1.30 bits per heavy atom. The van der Waals surface area contributed by atoms with Gasteiger partial charge in [0.05, 0.1) is 13.0 Å². The van der Waals surface area contributed by atoms with Gasteiger partial charge in [0.15, 0.2) is 0 Å². The predicted octanol–water partition coefficient (Wildman–Crippen LogP) is 2.04. The molecule has 0 radical (unpaired) electrons. The van der Waals surface area contributed by atoms with Crippen molar-refractivity contribution in [2.75, 3.05) is 33.3 Å². The number of carbonyl (C=O) groups is 1. The van der Waals surface area contributed by atoms with E-state index in [-0.39, 0.29) is 24.2 Å². The number of ether oxygens (including phenoxy) is 1. The Labute approximate surface area is 126 Å². The van der Waals surface area contributed by atoms with Crippen molar-refractivity contribution >= 4 is 18.3 Å². The second-order valence-electron chi connectivity index (χ2n) is 4.81. The highest BCUT2D eigenvalue weighted by molar-refractivity contribution is 5.85. The summed E-state index contributed by atoms with van der Waals surface area (Å²) < 4.78 is 5.16. The minimum Gasteiger partial charge on any atom is -0.497 e. The monoisotopic (exact) mass is 298 g/mol. The van der Waals surface area contributed by atoms with E-state index in [2.05, 4.69) is 12.2 Å². The van der Waals surface area contributed by atoms with Crippen LogP contribution in [-0.4, -0.2) is 44.1 Å². The summed E-state index contributed by atoms with van der Waals surface area (Å²) in [5.41, 5.74) is 1.08. The standard InChI is InChI=1S/C15H22N2O2.ClH/c1-3-14(12-4-6-13(19-2)7-5-12)15(18)17-10-8-16-9-11-17;/h4-7,14,16H,3,8-11H2,1-2H3;1H. The molecule has 5 heteroatoms. The molecule has 0 aliphatic carbocycles. The van der Waals surface area contributed by atoms with Crippen LogP contribution in [0.3, 0.4) is 0 Å². The smallest absolute Gasteiger partial charge is 0.230 e. The molecule has 1 atom stereocenters. The molecule has 1 aromatic carbocycles. The number of halogens is 1. The Morgan fingerprint density at radius 3 is 2.40 bits per heavy atom. The molecule has 20 heavy (non-hydrogen) atoms. The van der Waals surface area contributed by atoms with Crippen LogP contribution in [-0.2, 0) is 4.79 Å². The molecule has 1 fully saturated rings. The van der Waals surface area contributed by atoms with E-state index in [0.717, 1.165) is 43.9 Å². The molecule has 0 spiro atoms. The fourth-order valence-electron chi connectivity index (χ4n) is 2.49. The van der Waals surface area contributed by atoms with Gasteiger partial charge < -0.3 is 15.0 Å². The summed E-state index contributed by atoms with van der Waals surface area (Å²) >= 11 is 0. The highest BCUT2D eigenvalue weighted by atomic mass is 35.5. The molecule has 0 aromatic heterocycles. The Kier molecular flexibility index (Phi) is 6.82. The third kappa shape index (κ3) is 3.87. The molecule has 1 amide bonds. The van der Waals surface area contributed by atoms with Crippen molar-refractivity contribution in [3.63, 3.8) is 0 Å². The van der Waals surface area contributed by atoms with Crippen molar-refractivity contribution in [3.05, 3.63) is 29.8 Å². The van der Waals surface area contributed by atoms with Gasteiger partial charge in [-0.25, -0.2) is 0 Å². The molecule has 112 valence electrons. The van der Waals surface area contributed by atoms with Crippen molar-refractivity contribution in [1.29, 1.82) is 0 Å². The van der Waals surface area contributed by atoms with E-state index >= 15 is 0 Å². The van der Waals surface area contributed by atoms with E-state index in [1.54, 1.807) is 7.11 Å². The van der Waals surface area contributed by atoms with Gasteiger partial charge in [-0.05, 0) is 24.1 Å².